The van der Waals surface area contributed by atoms with Gasteiger partial charge in [-0.3, -0.25) is 0 Å². The Morgan fingerprint density at radius 3 is 2.73 bits per heavy atom. The second-order valence-corrected chi connectivity index (χ2v) is 4.41. The molecule has 0 heterocycles. The van der Waals surface area contributed by atoms with Crippen LogP contribution in [0.1, 0.15) is 39.0 Å². The number of carbonyl (C=O) groups excluding carboxylic acids is 1. The highest BCUT2D eigenvalue weighted by atomic mass is 16.3. The third kappa shape index (κ3) is 3.70. The first-order chi connectivity index (χ1) is 7.15. The Balaban J connectivity index is 2.21. The van der Waals surface area contributed by atoms with Crippen molar-refractivity contribution >= 4 is 6.03 Å². The van der Waals surface area contributed by atoms with Crippen LogP contribution in [0.2, 0.25) is 0 Å². The molecule has 1 rings (SSSR count). The smallest absolute Gasteiger partial charge is 0.317 e. The molecule has 1 aliphatic carbocycles. The number of urea groups is 1. The van der Waals surface area contributed by atoms with E-state index in [1.165, 1.54) is 6.42 Å². The molecule has 4 nitrogen and oxygen atoms in total. The summed E-state index contributed by atoms with van der Waals surface area (Å²) in [5.41, 5.74) is 0. The Hall–Kier alpha value is -0.770. The van der Waals surface area contributed by atoms with Gasteiger partial charge in [0, 0.05) is 25.7 Å². The second kappa shape index (κ2) is 5.95. The standard InChI is InChI=1S/C11H22N2O2/c1-9(5-4-8-14)12-11(15)13(2)10-6-3-7-10/h9-10,14H,3-8H2,1-2H3,(H,12,15). The fourth-order valence-corrected chi connectivity index (χ4v) is 1.72. The molecule has 0 bridgehead atoms. The van der Waals surface area contributed by atoms with Gasteiger partial charge in [0.25, 0.3) is 0 Å². The number of nitrogens with one attached hydrogen (secondary N) is 1. The fourth-order valence-electron chi connectivity index (χ4n) is 1.72. The summed E-state index contributed by atoms with van der Waals surface area (Å²) in [5.74, 6) is 0. The lowest BCUT2D eigenvalue weighted by Crippen LogP contribution is -2.48. The van der Waals surface area contributed by atoms with Gasteiger partial charge in [-0.1, -0.05) is 0 Å². The number of carbonyl (C=O) groups is 1. The number of aliphatic hydroxyl groups excluding tert-OH is 1. The third-order valence-electron chi connectivity index (χ3n) is 3.11. The Labute approximate surface area is 91.6 Å². The van der Waals surface area contributed by atoms with Crippen LogP contribution in [0.3, 0.4) is 0 Å². The molecular formula is C11H22N2O2. The molecule has 4 heteroatoms. The number of nitrogens with zero attached hydrogens (tertiary/aromatic N) is 1. The van der Waals surface area contributed by atoms with Crippen molar-refractivity contribution in [3.8, 4) is 0 Å². The monoisotopic (exact) mass is 214 g/mol. The molecule has 0 spiro atoms. The molecule has 0 saturated heterocycles. The first-order valence-electron chi connectivity index (χ1n) is 5.79. The van der Waals surface area contributed by atoms with E-state index in [0.29, 0.717) is 6.04 Å². The van der Waals surface area contributed by atoms with Crippen LogP contribution in [0.15, 0.2) is 0 Å². The maximum Gasteiger partial charge on any atom is 0.317 e. The van der Waals surface area contributed by atoms with Gasteiger partial charge in [-0.2, -0.15) is 0 Å². The summed E-state index contributed by atoms with van der Waals surface area (Å²) >= 11 is 0. The number of hydrogen-bond donors (Lipinski definition) is 2. The summed E-state index contributed by atoms with van der Waals surface area (Å²) in [7, 11) is 1.86. The molecular weight excluding hydrogens is 192 g/mol. The van der Waals surface area contributed by atoms with Gasteiger partial charge in [0.2, 0.25) is 0 Å². The maximum atomic E-state index is 11.7. The molecule has 0 aliphatic heterocycles. The summed E-state index contributed by atoms with van der Waals surface area (Å²) in [6.45, 7) is 2.17. The summed E-state index contributed by atoms with van der Waals surface area (Å²) in [6, 6.07) is 0.604. The summed E-state index contributed by atoms with van der Waals surface area (Å²) in [4.78, 5) is 13.5. The minimum absolute atomic E-state index is 0.0186. The largest absolute Gasteiger partial charge is 0.396 e. The van der Waals surface area contributed by atoms with Gasteiger partial charge in [0.1, 0.15) is 0 Å². The van der Waals surface area contributed by atoms with Crippen LogP contribution in [0.4, 0.5) is 4.79 Å². The SMILES string of the molecule is CC(CCCO)NC(=O)N(C)C1CCC1. The highest BCUT2D eigenvalue weighted by Crippen LogP contribution is 2.23. The van der Waals surface area contributed by atoms with Gasteiger partial charge in [0.15, 0.2) is 0 Å². The van der Waals surface area contributed by atoms with Crippen LogP contribution in [-0.2, 0) is 0 Å². The van der Waals surface area contributed by atoms with Crippen molar-refractivity contribution in [2.75, 3.05) is 13.7 Å². The van der Waals surface area contributed by atoms with Crippen LogP contribution in [0, 0.1) is 0 Å². The van der Waals surface area contributed by atoms with E-state index < -0.39 is 0 Å². The summed E-state index contributed by atoms with van der Waals surface area (Å²) in [5, 5.41) is 11.6. The number of hydrogen-bond acceptors (Lipinski definition) is 2. The molecule has 88 valence electrons. The van der Waals surface area contributed by atoms with Crippen molar-refractivity contribution in [2.45, 2.75) is 51.1 Å². The zero-order chi connectivity index (χ0) is 11.3. The Morgan fingerprint density at radius 2 is 2.27 bits per heavy atom. The first kappa shape index (κ1) is 12.3. The van der Waals surface area contributed by atoms with Crippen molar-refractivity contribution in [3.05, 3.63) is 0 Å². The Morgan fingerprint density at radius 1 is 1.60 bits per heavy atom. The highest BCUT2D eigenvalue weighted by Gasteiger charge is 2.25. The van der Waals surface area contributed by atoms with Crippen molar-refractivity contribution in [1.29, 1.82) is 0 Å². The average Bonchev–Trinajstić information content (AvgIpc) is 2.11. The van der Waals surface area contributed by atoms with Crippen LogP contribution in [0.25, 0.3) is 0 Å². The predicted molar refractivity (Wildman–Crippen MR) is 59.7 cm³/mol. The molecule has 0 aromatic rings. The van der Waals surface area contributed by atoms with E-state index in [0.717, 1.165) is 25.7 Å². The zero-order valence-corrected chi connectivity index (χ0v) is 9.70. The van der Waals surface area contributed by atoms with Gasteiger partial charge in [0.05, 0.1) is 0 Å². The van der Waals surface area contributed by atoms with Gasteiger partial charge < -0.3 is 15.3 Å². The molecule has 1 atom stereocenters. The minimum Gasteiger partial charge on any atom is -0.396 e. The summed E-state index contributed by atoms with van der Waals surface area (Å²) < 4.78 is 0. The van der Waals surface area contributed by atoms with Crippen molar-refractivity contribution in [2.24, 2.45) is 0 Å². The topological polar surface area (TPSA) is 52.6 Å². The highest BCUT2D eigenvalue weighted by molar-refractivity contribution is 5.74. The molecule has 2 amide bonds. The van der Waals surface area contributed by atoms with Gasteiger partial charge >= 0.3 is 6.03 Å². The van der Waals surface area contributed by atoms with Crippen LogP contribution in [-0.4, -0.2) is 41.8 Å². The Bertz CT molecular complexity index is 205. The van der Waals surface area contributed by atoms with E-state index >= 15 is 0 Å². The number of rotatable bonds is 5. The lowest BCUT2D eigenvalue weighted by molar-refractivity contribution is 0.154. The first-order valence-corrected chi connectivity index (χ1v) is 5.79. The predicted octanol–water partition coefficient (Wildman–Crippen LogP) is 1.34. The van der Waals surface area contributed by atoms with E-state index in [1.54, 1.807) is 4.90 Å². The maximum absolute atomic E-state index is 11.7. The molecule has 0 aromatic carbocycles. The molecule has 15 heavy (non-hydrogen) atoms. The normalized spacial score (nSPS) is 18.1. The van der Waals surface area contributed by atoms with Gasteiger partial charge in [-0.25, -0.2) is 4.79 Å². The van der Waals surface area contributed by atoms with Crippen molar-refractivity contribution in [3.63, 3.8) is 0 Å². The molecule has 2 N–H and O–H groups in total. The molecule has 1 aliphatic rings. The van der Waals surface area contributed by atoms with Crippen LogP contribution >= 0.6 is 0 Å². The van der Waals surface area contributed by atoms with Crippen molar-refractivity contribution < 1.29 is 9.90 Å². The molecule has 0 aromatic heterocycles. The molecule has 1 fully saturated rings. The second-order valence-electron chi connectivity index (χ2n) is 4.41. The van der Waals surface area contributed by atoms with E-state index in [-0.39, 0.29) is 18.7 Å². The van der Waals surface area contributed by atoms with Crippen molar-refractivity contribution in [1.82, 2.24) is 10.2 Å². The molecule has 1 saturated carbocycles. The lowest BCUT2D eigenvalue weighted by atomic mass is 9.92. The van der Waals surface area contributed by atoms with Gasteiger partial charge in [-0.15, -0.1) is 0 Å². The van der Waals surface area contributed by atoms with Crippen LogP contribution < -0.4 is 5.32 Å². The van der Waals surface area contributed by atoms with E-state index in [1.807, 2.05) is 14.0 Å². The van der Waals surface area contributed by atoms with E-state index in [9.17, 15) is 4.79 Å². The molecule has 1 unspecified atom stereocenters. The Kier molecular flexibility index (Phi) is 4.88. The number of amides is 2. The third-order valence-corrected chi connectivity index (χ3v) is 3.11. The molecule has 0 radical (unpaired) electrons. The van der Waals surface area contributed by atoms with E-state index in [4.69, 9.17) is 5.11 Å². The van der Waals surface area contributed by atoms with E-state index in [2.05, 4.69) is 5.32 Å². The minimum atomic E-state index is 0.0186. The lowest BCUT2D eigenvalue weighted by Gasteiger charge is -2.35. The van der Waals surface area contributed by atoms with Crippen LogP contribution in [0.5, 0.6) is 0 Å². The summed E-state index contributed by atoms with van der Waals surface area (Å²) in [6.07, 6.45) is 5.08. The van der Waals surface area contributed by atoms with Gasteiger partial charge in [-0.05, 0) is 39.0 Å². The average molecular weight is 214 g/mol. The number of aliphatic hydroxyl groups is 1. The quantitative estimate of drug-likeness (QED) is 0.725. The zero-order valence-electron chi connectivity index (χ0n) is 9.70. The fraction of sp³-hybridized carbons (Fsp3) is 0.909.